The van der Waals surface area contributed by atoms with E-state index in [4.69, 9.17) is 0 Å². The van der Waals surface area contributed by atoms with Crippen LogP contribution in [0.5, 0.6) is 18.0 Å². The van der Waals surface area contributed by atoms with Crippen molar-refractivity contribution in [3.05, 3.63) is 0 Å². The molecule has 1 aromatic heterocycles. The summed E-state index contributed by atoms with van der Waals surface area (Å²) in [6, 6.07) is -3.25. The molecular formula is C6H18N12O3. The molecule has 15 heteroatoms. The lowest BCUT2D eigenvalue weighted by molar-refractivity contribution is -0.319. The molecule has 1 aromatic rings. The van der Waals surface area contributed by atoms with E-state index in [1.165, 1.54) is 0 Å². The summed E-state index contributed by atoms with van der Waals surface area (Å²) in [7, 11) is 0. The Morgan fingerprint density at radius 2 is 0.667 bits per heavy atom. The van der Waals surface area contributed by atoms with E-state index in [0.29, 0.717) is 0 Å². The van der Waals surface area contributed by atoms with Gasteiger partial charge in [0.25, 0.3) is 0 Å². The highest BCUT2D eigenvalue weighted by Gasteiger charge is 1.79. The predicted octanol–water partition coefficient (Wildman–Crippen LogP) is -11.9. The van der Waals surface area contributed by atoms with Crippen LogP contribution in [0.15, 0.2) is 0 Å². The molecule has 120 valence electrons. The summed E-state index contributed by atoms with van der Waals surface area (Å²) in [5.41, 5.74) is 27.5. The Morgan fingerprint density at radius 1 is 0.571 bits per heavy atom. The van der Waals surface area contributed by atoms with Crippen LogP contribution >= 0.6 is 0 Å². The molecule has 1 heterocycles. The van der Waals surface area contributed by atoms with Crippen LogP contribution in [0.25, 0.3) is 0 Å². The third-order valence-electron chi connectivity index (χ3n) is 0.574. The van der Waals surface area contributed by atoms with Gasteiger partial charge in [-0.1, -0.05) is 0 Å². The summed E-state index contributed by atoms with van der Waals surface area (Å²) < 4.78 is 0. The van der Waals surface area contributed by atoms with E-state index in [0.717, 1.165) is 0 Å². The summed E-state index contributed by atoms with van der Waals surface area (Å²) in [6.07, 6.45) is 0. The Balaban J connectivity index is -0.000000230. The van der Waals surface area contributed by atoms with Gasteiger partial charge in [0, 0.05) is 0 Å². The van der Waals surface area contributed by atoms with E-state index >= 15 is 0 Å². The zero-order chi connectivity index (χ0) is 17.6. The van der Waals surface area contributed by atoms with Crippen LogP contribution in [0.1, 0.15) is 0 Å². The molecule has 0 bridgehead atoms. The summed E-state index contributed by atoms with van der Waals surface area (Å²) >= 11 is 0. The zero-order valence-corrected chi connectivity index (χ0v) is 10.8. The van der Waals surface area contributed by atoms with Crippen molar-refractivity contribution in [2.75, 3.05) is 0 Å². The molecule has 0 unspecified atom stereocenters. The molecule has 21 heavy (non-hydrogen) atoms. The summed E-state index contributed by atoms with van der Waals surface area (Å²) in [5.74, 6) is -0.250. The summed E-state index contributed by atoms with van der Waals surface area (Å²) in [5, 5.41) is 43.9. The summed E-state index contributed by atoms with van der Waals surface area (Å²) in [6.45, 7) is 0. The molecule has 0 fully saturated rings. The first-order valence-corrected chi connectivity index (χ1v) is 4.55. The first-order chi connectivity index (χ1) is 9.38. The van der Waals surface area contributed by atoms with Gasteiger partial charge in [-0.05, 0) is 0 Å². The first kappa shape index (κ1) is 22.4. The molecule has 15 nitrogen and oxygen atoms in total. The Morgan fingerprint density at radius 3 is 0.762 bits per heavy atom. The lowest BCUT2D eigenvalue weighted by Gasteiger charge is -2.12. The molecule has 0 aromatic carbocycles. The molecule has 0 radical (unpaired) electrons. The second-order valence-electron chi connectivity index (χ2n) is 2.68. The first-order valence-electron chi connectivity index (χ1n) is 4.55. The van der Waals surface area contributed by atoms with Crippen LogP contribution in [0.3, 0.4) is 0 Å². The average Bonchev–Trinajstić information content (AvgIpc) is 2.10. The van der Waals surface area contributed by atoms with E-state index in [1.807, 2.05) is 0 Å². The fourth-order valence-electron chi connectivity index (χ4n) is 0.320. The van der Waals surface area contributed by atoms with E-state index in [9.17, 15) is 15.3 Å². The highest BCUT2D eigenvalue weighted by Crippen LogP contribution is 2.01. The molecule has 1 rings (SSSR count). The third-order valence-corrected chi connectivity index (χ3v) is 0.574. The second-order valence-corrected chi connectivity index (χ2v) is 2.68. The Bertz CT molecular complexity index is 371. The van der Waals surface area contributed by atoms with Gasteiger partial charge in [0.15, 0.2) is 0 Å². The van der Waals surface area contributed by atoms with Crippen molar-refractivity contribution in [2.24, 2.45) is 34.4 Å². The topological polar surface area (TPSA) is 341 Å². The molecular weight excluding hydrogens is 288 g/mol. The van der Waals surface area contributed by atoms with E-state index in [-0.39, 0.29) is 17.9 Å². The van der Waals surface area contributed by atoms with Crippen LogP contribution < -0.4 is 65.9 Å². The lowest BCUT2D eigenvalue weighted by atomic mass is 10.9. The van der Waals surface area contributed by atoms with Gasteiger partial charge >= 0.3 is 17.9 Å². The standard InChI is InChI=1S/C3H3N3O3.3CH5N3/c7-1-4-2(8)6-3(9)5-1;3*2-1(3)4/h(H3,4,5,6,7,8,9);3*(H5,2,3,4). The minimum Gasteiger partial charge on any atom is -0.844 e. The fraction of sp³-hybridized carbons (Fsp3) is 0. The van der Waals surface area contributed by atoms with Crippen molar-refractivity contribution in [2.45, 2.75) is 0 Å². The molecule has 18 N–H and O–H groups in total. The van der Waals surface area contributed by atoms with Crippen molar-refractivity contribution >= 4 is 17.9 Å². The number of rotatable bonds is 0. The van der Waals surface area contributed by atoms with E-state index in [2.05, 4.69) is 65.6 Å². The molecule has 0 saturated carbocycles. The molecule has 0 amide bonds. The largest absolute Gasteiger partial charge is 0.844 e. The van der Waals surface area contributed by atoms with Crippen LogP contribution in [0.2, 0.25) is 0 Å². The van der Waals surface area contributed by atoms with Gasteiger partial charge in [-0.3, -0.25) is 50.6 Å². The maximum atomic E-state index is 10.0. The van der Waals surface area contributed by atoms with Crippen LogP contribution in [0, 0.1) is 0 Å². The number of nitrogens with zero attached hydrogens (tertiary/aromatic N) is 3. The minimum atomic E-state index is -1.08. The van der Waals surface area contributed by atoms with Crippen molar-refractivity contribution in [1.29, 1.82) is 0 Å². The fourth-order valence-corrected chi connectivity index (χ4v) is 0.320. The minimum absolute atomic E-state index is 0.0833. The maximum absolute atomic E-state index is 10.0. The van der Waals surface area contributed by atoms with Gasteiger partial charge in [0.2, 0.25) is 0 Å². The number of hydrogen-bond donors (Lipinski definition) is 9. The quantitative estimate of drug-likeness (QED) is 0.159. The van der Waals surface area contributed by atoms with Crippen LogP contribution in [-0.4, -0.2) is 32.8 Å². The lowest BCUT2D eigenvalue weighted by Crippen LogP contribution is -2.51. The second kappa shape index (κ2) is 12.7. The van der Waals surface area contributed by atoms with E-state index in [1.54, 1.807) is 0 Å². The normalized spacial score (nSPS) is 7.43. The van der Waals surface area contributed by atoms with Crippen molar-refractivity contribution in [1.82, 2.24) is 15.0 Å². The molecule has 0 aliphatic heterocycles. The smallest absolute Gasteiger partial charge is 0.336 e. The van der Waals surface area contributed by atoms with E-state index < -0.39 is 18.0 Å². The third kappa shape index (κ3) is 48.5. The molecule has 0 saturated heterocycles. The van der Waals surface area contributed by atoms with Gasteiger partial charge in [-0.25, -0.2) is 15.0 Å². The van der Waals surface area contributed by atoms with Crippen molar-refractivity contribution in [3.63, 3.8) is 0 Å². The Kier molecular flexibility index (Phi) is 13.5. The highest BCUT2D eigenvalue weighted by atomic mass is 16.3. The van der Waals surface area contributed by atoms with Gasteiger partial charge < -0.3 is 15.3 Å². The van der Waals surface area contributed by atoms with Gasteiger partial charge in [-0.2, -0.15) is 0 Å². The van der Waals surface area contributed by atoms with Crippen molar-refractivity contribution < 1.29 is 31.5 Å². The number of hydrogen-bond acceptors (Lipinski definition) is 6. The summed E-state index contributed by atoms with van der Waals surface area (Å²) in [4.78, 5) is 8.10. The Labute approximate surface area is 118 Å². The molecule has 0 spiro atoms. The van der Waals surface area contributed by atoms with Crippen molar-refractivity contribution in [3.8, 4) is 18.0 Å². The average molecular weight is 306 g/mol. The van der Waals surface area contributed by atoms with Crippen LogP contribution in [0.4, 0.5) is 0 Å². The van der Waals surface area contributed by atoms with Gasteiger partial charge in [-0.15, -0.1) is 0 Å². The monoisotopic (exact) mass is 306 g/mol. The van der Waals surface area contributed by atoms with Crippen LogP contribution in [-0.2, 0) is 0 Å². The van der Waals surface area contributed by atoms with Gasteiger partial charge in [0.05, 0.1) is 18.0 Å². The van der Waals surface area contributed by atoms with Gasteiger partial charge in [0.1, 0.15) is 0 Å². The Hall–Kier alpha value is -3.78. The molecule has 0 aliphatic carbocycles. The number of aromatic nitrogens is 3. The highest BCUT2D eigenvalue weighted by molar-refractivity contribution is 5.69. The predicted molar refractivity (Wildman–Crippen MR) is 64.1 cm³/mol. The number of guanidine groups is 3. The zero-order valence-electron chi connectivity index (χ0n) is 10.8. The SMILES string of the molecule is NC(N)=[NH2+].NC(N)=[NH2+].NC(N)=[NH2+].[O-]c1nc([O-])nc([O-])n1. The number of nitrogens with two attached hydrogens (primary N) is 9. The molecule has 0 atom stereocenters. The molecule has 0 aliphatic rings. The maximum Gasteiger partial charge on any atom is 0.336 e.